The van der Waals surface area contributed by atoms with E-state index in [-0.39, 0.29) is 11.8 Å². The molecule has 1 aromatic rings. The molecule has 2 heterocycles. The number of amides is 1. The molecule has 1 unspecified atom stereocenters. The third kappa shape index (κ3) is 4.20. The summed E-state index contributed by atoms with van der Waals surface area (Å²) >= 11 is 0. The first-order valence-corrected chi connectivity index (χ1v) is 7.40. The van der Waals surface area contributed by atoms with Gasteiger partial charge >= 0.3 is 0 Å². The molecular weight excluding hydrogens is 252 g/mol. The van der Waals surface area contributed by atoms with Crippen molar-refractivity contribution in [1.29, 1.82) is 0 Å². The van der Waals surface area contributed by atoms with Crippen molar-refractivity contribution in [3.05, 3.63) is 23.9 Å². The van der Waals surface area contributed by atoms with E-state index < -0.39 is 0 Å². The molecule has 1 aliphatic rings. The van der Waals surface area contributed by atoms with E-state index in [2.05, 4.69) is 22.1 Å². The minimum atomic E-state index is -0.180. The third-order valence-electron chi connectivity index (χ3n) is 3.66. The lowest BCUT2D eigenvalue weighted by Gasteiger charge is -2.30. The number of hydrogen-bond donors (Lipinski definition) is 2. The van der Waals surface area contributed by atoms with Gasteiger partial charge in [0.1, 0.15) is 5.82 Å². The van der Waals surface area contributed by atoms with Gasteiger partial charge in [-0.1, -0.05) is 13.0 Å². The van der Waals surface area contributed by atoms with Crippen LogP contribution in [0.3, 0.4) is 0 Å². The Labute approximate surface area is 120 Å². The van der Waals surface area contributed by atoms with Crippen LogP contribution in [0.15, 0.2) is 18.2 Å². The van der Waals surface area contributed by atoms with Gasteiger partial charge in [0.05, 0.1) is 11.6 Å². The lowest BCUT2D eigenvalue weighted by Crippen LogP contribution is -2.40. The number of pyridine rings is 1. The summed E-state index contributed by atoms with van der Waals surface area (Å²) < 4.78 is 0. The average Bonchev–Trinajstić information content (AvgIpc) is 2.46. The number of aromatic nitrogens is 1. The van der Waals surface area contributed by atoms with Crippen LogP contribution in [0.2, 0.25) is 0 Å². The van der Waals surface area contributed by atoms with Gasteiger partial charge in [-0.3, -0.25) is 9.69 Å². The monoisotopic (exact) mass is 276 g/mol. The molecule has 1 aliphatic heterocycles. The molecule has 110 valence electrons. The molecule has 5 nitrogen and oxygen atoms in total. The first-order valence-electron chi connectivity index (χ1n) is 7.40. The summed E-state index contributed by atoms with van der Waals surface area (Å²) in [5.74, 6) is 0.735. The standard InChI is InChI=1S/C15H24N4O/c1-2-8-17-14-7-3-6-13(18-14)11-19-9-4-5-12(10-19)15(16)20/h3,6-7,12H,2,4-5,8-11H2,1H3,(H2,16,20)(H,17,18). The topological polar surface area (TPSA) is 71.2 Å². The molecule has 0 aliphatic carbocycles. The lowest BCUT2D eigenvalue weighted by molar-refractivity contribution is -0.123. The quantitative estimate of drug-likeness (QED) is 0.828. The number of hydrogen-bond acceptors (Lipinski definition) is 4. The van der Waals surface area contributed by atoms with Crippen molar-refractivity contribution in [2.24, 2.45) is 11.7 Å². The predicted molar refractivity (Wildman–Crippen MR) is 80.2 cm³/mol. The SMILES string of the molecule is CCCNc1cccc(CN2CCCC(C(N)=O)C2)n1. The average molecular weight is 276 g/mol. The second kappa shape index (κ2) is 7.24. The fourth-order valence-electron chi connectivity index (χ4n) is 2.58. The largest absolute Gasteiger partial charge is 0.370 e. The Morgan fingerprint density at radius 2 is 2.40 bits per heavy atom. The van der Waals surface area contributed by atoms with E-state index in [0.29, 0.717) is 0 Å². The highest BCUT2D eigenvalue weighted by atomic mass is 16.1. The van der Waals surface area contributed by atoms with E-state index in [9.17, 15) is 4.79 Å². The summed E-state index contributed by atoms with van der Waals surface area (Å²) in [6, 6.07) is 6.04. The van der Waals surface area contributed by atoms with Crippen LogP contribution in [-0.2, 0) is 11.3 Å². The fourth-order valence-corrected chi connectivity index (χ4v) is 2.58. The number of piperidine rings is 1. The van der Waals surface area contributed by atoms with Gasteiger partial charge in [0.25, 0.3) is 0 Å². The molecule has 2 rings (SSSR count). The zero-order valence-electron chi connectivity index (χ0n) is 12.1. The minimum absolute atomic E-state index is 0.00912. The van der Waals surface area contributed by atoms with Crippen molar-refractivity contribution in [2.45, 2.75) is 32.7 Å². The summed E-state index contributed by atoms with van der Waals surface area (Å²) in [5, 5.41) is 3.30. The van der Waals surface area contributed by atoms with Crippen LogP contribution in [0.5, 0.6) is 0 Å². The zero-order chi connectivity index (χ0) is 14.4. The van der Waals surface area contributed by atoms with Crippen LogP contribution in [-0.4, -0.2) is 35.4 Å². The summed E-state index contributed by atoms with van der Waals surface area (Å²) in [5.41, 5.74) is 6.45. The Kier molecular flexibility index (Phi) is 5.35. The molecule has 1 aromatic heterocycles. The Balaban J connectivity index is 1.93. The maximum atomic E-state index is 11.3. The van der Waals surface area contributed by atoms with Crippen molar-refractivity contribution in [3.8, 4) is 0 Å². The Hall–Kier alpha value is -1.62. The molecular formula is C15H24N4O. The number of nitrogens with two attached hydrogens (primary N) is 1. The van der Waals surface area contributed by atoms with Crippen molar-refractivity contribution >= 4 is 11.7 Å². The summed E-state index contributed by atoms with van der Waals surface area (Å²) in [6.07, 6.45) is 3.02. The third-order valence-corrected chi connectivity index (χ3v) is 3.66. The molecule has 0 spiro atoms. The molecule has 5 heteroatoms. The minimum Gasteiger partial charge on any atom is -0.370 e. The number of carbonyl (C=O) groups excluding carboxylic acids is 1. The van der Waals surface area contributed by atoms with Crippen LogP contribution in [0, 0.1) is 5.92 Å². The Morgan fingerprint density at radius 1 is 1.55 bits per heavy atom. The van der Waals surface area contributed by atoms with Crippen LogP contribution in [0.4, 0.5) is 5.82 Å². The first-order chi connectivity index (χ1) is 9.69. The summed E-state index contributed by atoms with van der Waals surface area (Å²) in [4.78, 5) is 18.2. The molecule has 1 fully saturated rings. The van der Waals surface area contributed by atoms with Gasteiger partial charge < -0.3 is 11.1 Å². The van der Waals surface area contributed by atoms with Crippen LogP contribution in [0.1, 0.15) is 31.9 Å². The molecule has 20 heavy (non-hydrogen) atoms. The van der Waals surface area contributed by atoms with E-state index in [1.165, 1.54) is 0 Å². The van der Waals surface area contributed by atoms with Gasteiger partial charge in [0, 0.05) is 19.6 Å². The summed E-state index contributed by atoms with van der Waals surface area (Å²) in [7, 11) is 0. The Morgan fingerprint density at radius 3 is 3.15 bits per heavy atom. The van der Waals surface area contributed by atoms with E-state index in [1.54, 1.807) is 0 Å². The van der Waals surface area contributed by atoms with E-state index in [0.717, 1.165) is 57.0 Å². The smallest absolute Gasteiger partial charge is 0.221 e. The molecule has 3 N–H and O–H groups in total. The zero-order valence-corrected chi connectivity index (χ0v) is 12.1. The fraction of sp³-hybridized carbons (Fsp3) is 0.600. The van der Waals surface area contributed by atoms with Crippen molar-refractivity contribution < 1.29 is 4.79 Å². The van der Waals surface area contributed by atoms with E-state index in [1.807, 2.05) is 18.2 Å². The number of carbonyl (C=O) groups is 1. The second-order valence-corrected chi connectivity index (χ2v) is 5.42. The normalized spacial score (nSPS) is 19.8. The van der Waals surface area contributed by atoms with Crippen LogP contribution < -0.4 is 11.1 Å². The lowest BCUT2D eigenvalue weighted by atomic mass is 9.97. The number of rotatable bonds is 6. The van der Waals surface area contributed by atoms with Gasteiger partial charge in [0.15, 0.2) is 0 Å². The first kappa shape index (κ1) is 14.8. The molecule has 1 amide bonds. The maximum Gasteiger partial charge on any atom is 0.221 e. The number of likely N-dealkylation sites (tertiary alicyclic amines) is 1. The molecule has 0 bridgehead atoms. The van der Waals surface area contributed by atoms with E-state index >= 15 is 0 Å². The van der Waals surface area contributed by atoms with Crippen molar-refractivity contribution in [2.75, 3.05) is 25.0 Å². The van der Waals surface area contributed by atoms with Crippen molar-refractivity contribution in [1.82, 2.24) is 9.88 Å². The van der Waals surface area contributed by atoms with Gasteiger partial charge in [0.2, 0.25) is 5.91 Å². The number of anilines is 1. The van der Waals surface area contributed by atoms with Gasteiger partial charge in [-0.05, 0) is 37.9 Å². The highest BCUT2D eigenvalue weighted by Crippen LogP contribution is 2.18. The van der Waals surface area contributed by atoms with Crippen LogP contribution >= 0.6 is 0 Å². The Bertz CT molecular complexity index is 449. The van der Waals surface area contributed by atoms with Crippen LogP contribution in [0.25, 0.3) is 0 Å². The number of nitrogens with zero attached hydrogens (tertiary/aromatic N) is 2. The van der Waals surface area contributed by atoms with E-state index in [4.69, 9.17) is 5.73 Å². The molecule has 1 saturated heterocycles. The summed E-state index contributed by atoms with van der Waals surface area (Å²) in [6.45, 7) is 5.62. The predicted octanol–water partition coefficient (Wildman–Crippen LogP) is 1.60. The maximum absolute atomic E-state index is 11.3. The highest BCUT2D eigenvalue weighted by molar-refractivity contribution is 5.76. The van der Waals surface area contributed by atoms with Gasteiger partial charge in [-0.2, -0.15) is 0 Å². The van der Waals surface area contributed by atoms with Gasteiger partial charge in [-0.15, -0.1) is 0 Å². The molecule has 0 radical (unpaired) electrons. The second-order valence-electron chi connectivity index (χ2n) is 5.42. The highest BCUT2D eigenvalue weighted by Gasteiger charge is 2.24. The van der Waals surface area contributed by atoms with Crippen molar-refractivity contribution in [3.63, 3.8) is 0 Å². The molecule has 0 saturated carbocycles. The molecule has 1 atom stereocenters. The molecule has 0 aromatic carbocycles. The van der Waals surface area contributed by atoms with Gasteiger partial charge in [-0.25, -0.2) is 4.98 Å². The number of primary amides is 1. The number of nitrogens with one attached hydrogen (secondary N) is 1.